The van der Waals surface area contributed by atoms with Crippen molar-refractivity contribution in [2.75, 3.05) is 20.3 Å². The zero-order chi connectivity index (χ0) is 33.2. The molecule has 2 N–H and O–H groups in total. The van der Waals surface area contributed by atoms with E-state index < -0.39 is 11.9 Å². The summed E-state index contributed by atoms with van der Waals surface area (Å²) in [6, 6.07) is 15.1. The Balaban J connectivity index is 0.982. The number of para-hydroxylation sites is 1. The van der Waals surface area contributed by atoms with Crippen LogP contribution in [0.3, 0.4) is 0 Å². The second kappa shape index (κ2) is 9.72. The number of hydrogen-bond donors (Lipinski definition) is 2. The lowest BCUT2D eigenvalue weighted by molar-refractivity contribution is -0.280. The maximum Gasteiger partial charge on any atom is 0.211 e. The molecule has 8 aliphatic rings. The van der Waals surface area contributed by atoms with Crippen LogP contribution in [0.2, 0.25) is 0 Å². The molecule has 10 heterocycles. The van der Waals surface area contributed by atoms with E-state index in [-0.39, 0.29) is 36.4 Å². The van der Waals surface area contributed by atoms with E-state index in [9.17, 15) is 10.2 Å². The first kappa shape index (κ1) is 29.4. The van der Waals surface area contributed by atoms with E-state index in [4.69, 9.17) is 9.47 Å². The Kier molecular flexibility index (Phi) is 5.84. The topological polar surface area (TPSA) is 75.3 Å². The number of aryl methyl sites for hydroxylation is 2. The SMILES string of the molecule is CC(O)C1=CN2C3CC1C(CO)C2Cc1c3n(C)c2cc3c(cc12)CC1C2CC4c5c(c6ccccc6n5C)CC(C2COC1(C)O3)N4C. The molecule has 0 aliphatic carbocycles. The number of likely N-dealkylation sites (N-methyl/N-ethyl adjacent to an activating group) is 1. The first-order valence-electron chi connectivity index (χ1n) is 18.7. The molecule has 4 aromatic rings. The van der Waals surface area contributed by atoms with Crippen LogP contribution in [0.15, 0.2) is 48.2 Å². The zero-order valence-electron chi connectivity index (χ0n) is 29.3. The van der Waals surface area contributed by atoms with E-state index in [1.165, 1.54) is 44.3 Å². The molecule has 11 atom stereocenters. The fraction of sp³-hybridized carbons (Fsp3) is 0.561. The lowest BCUT2D eigenvalue weighted by Crippen LogP contribution is -2.64. The molecule has 8 heteroatoms. The Labute approximate surface area is 287 Å². The van der Waals surface area contributed by atoms with Crippen molar-refractivity contribution in [3.8, 4) is 5.75 Å². The molecule has 11 unspecified atom stereocenters. The van der Waals surface area contributed by atoms with Crippen molar-refractivity contribution in [2.24, 2.45) is 43.7 Å². The summed E-state index contributed by atoms with van der Waals surface area (Å²) in [5.41, 5.74) is 10.9. The minimum atomic E-state index is -0.642. The Bertz CT molecular complexity index is 2110. The molecular formula is C41H48N4O4. The van der Waals surface area contributed by atoms with Gasteiger partial charge in [-0.25, -0.2) is 0 Å². The monoisotopic (exact) mass is 660 g/mol. The summed E-state index contributed by atoms with van der Waals surface area (Å²) >= 11 is 0. The molecule has 8 nitrogen and oxygen atoms in total. The highest BCUT2D eigenvalue weighted by atomic mass is 16.7. The van der Waals surface area contributed by atoms with Gasteiger partial charge in [0.25, 0.3) is 0 Å². The van der Waals surface area contributed by atoms with Crippen molar-refractivity contribution in [3.05, 3.63) is 76.2 Å². The maximum atomic E-state index is 10.6. The number of piperidine rings is 2. The van der Waals surface area contributed by atoms with Crippen LogP contribution in [0.5, 0.6) is 5.75 Å². The molecule has 3 saturated heterocycles. The van der Waals surface area contributed by atoms with Crippen molar-refractivity contribution < 1.29 is 19.7 Å². The van der Waals surface area contributed by atoms with E-state index in [0.717, 1.165) is 50.0 Å². The fourth-order valence-corrected chi connectivity index (χ4v) is 12.7. The van der Waals surface area contributed by atoms with Crippen LogP contribution in [-0.2, 0) is 38.1 Å². The second-order valence-corrected chi connectivity index (χ2v) is 16.8. The van der Waals surface area contributed by atoms with Crippen LogP contribution in [0.25, 0.3) is 21.8 Å². The minimum Gasteiger partial charge on any atom is -0.462 e. The number of ether oxygens (including phenoxy) is 2. The smallest absolute Gasteiger partial charge is 0.211 e. The molecule has 2 aromatic carbocycles. The van der Waals surface area contributed by atoms with Crippen LogP contribution in [0.4, 0.5) is 0 Å². The van der Waals surface area contributed by atoms with Gasteiger partial charge in [-0.15, -0.1) is 0 Å². The summed E-state index contributed by atoms with van der Waals surface area (Å²) in [6.45, 7) is 4.98. The zero-order valence-corrected chi connectivity index (χ0v) is 29.3. The van der Waals surface area contributed by atoms with Gasteiger partial charge in [-0.1, -0.05) is 18.2 Å². The number of aliphatic hydroxyl groups is 2. The number of benzene rings is 2. The van der Waals surface area contributed by atoms with E-state index in [1.54, 1.807) is 5.56 Å². The lowest BCUT2D eigenvalue weighted by Gasteiger charge is -2.59. The van der Waals surface area contributed by atoms with Gasteiger partial charge in [0.05, 0.1) is 30.3 Å². The third-order valence-corrected chi connectivity index (χ3v) is 15.0. The van der Waals surface area contributed by atoms with E-state index >= 15 is 0 Å². The van der Waals surface area contributed by atoms with Gasteiger partial charge in [0.1, 0.15) is 5.75 Å². The van der Waals surface area contributed by atoms with Crippen LogP contribution in [-0.4, -0.2) is 73.4 Å². The third-order valence-electron chi connectivity index (χ3n) is 15.0. The molecular weight excluding hydrogens is 612 g/mol. The molecule has 256 valence electrons. The number of fused-ring (bicyclic) bond motifs is 14. The summed E-state index contributed by atoms with van der Waals surface area (Å²) in [7, 11) is 6.83. The van der Waals surface area contributed by atoms with Crippen molar-refractivity contribution in [1.82, 2.24) is 18.9 Å². The average molecular weight is 661 g/mol. The first-order chi connectivity index (χ1) is 23.7. The number of hydrogen-bond acceptors (Lipinski definition) is 6. The lowest BCUT2D eigenvalue weighted by atomic mass is 9.62. The second-order valence-electron chi connectivity index (χ2n) is 16.8. The molecule has 0 amide bonds. The number of aromatic nitrogens is 2. The molecule has 2 aromatic heterocycles. The molecule has 0 saturated carbocycles. The van der Waals surface area contributed by atoms with Crippen LogP contribution >= 0.6 is 0 Å². The maximum absolute atomic E-state index is 10.6. The van der Waals surface area contributed by atoms with E-state index in [1.807, 2.05) is 6.92 Å². The predicted octanol–water partition coefficient (Wildman–Crippen LogP) is 5.38. The molecule has 12 rings (SSSR count). The molecule has 0 spiro atoms. The molecule has 6 bridgehead atoms. The van der Waals surface area contributed by atoms with Crippen molar-refractivity contribution in [1.29, 1.82) is 0 Å². The molecule has 8 aliphatic heterocycles. The Hall–Kier alpha value is -3.30. The van der Waals surface area contributed by atoms with E-state index in [2.05, 4.69) is 89.6 Å². The highest BCUT2D eigenvalue weighted by Gasteiger charge is 2.59. The molecule has 3 fully saturated rings. The molecule has 0 radical (unpaired) electrons. The number of nitrogens with zero attached hydrogens (tertiary/aromatic N) is 4. The van der Waals surface area contributed by atoms with Crippen LogP contribution in [0.1, 0.15) is 66.9 Å². The summed E-state index contributed by atoms with van der Waals surface area (Å²) < 4.78 is 18.8. The van der Waals surface area contributed by atoms with Crippen LogP contribution < -0.4 is 4.74 Å². The first-order valence-corrected chi connectivity index (χ1v) is 18.7. The van der Waals surface area contributed by atoms with Crippen molar-refractivity contribution in [2.45, 2.75) is 82.0 Å². The number of aliphatic hydroxyl groups excluding tert-OH is 2. The van der Waals surface area contributed by atoms with Gasteiger partial charge in [0.15, 0.2) is 0 Å². The highest BCUT2D eigenvalue weighted by molar-refractivity contribution is 5.89. The van der Waals surface area contributed by atoms with Crippen molar-refractivity contribution in [3.63, 3.8) is 0 Å². The predicted molar refractivity (Wildman–Crippen MR) is 188 cm³/mol. The van der Waals surface area contributed by atoms with Gasteiger partial charge in [0, 0.05) is 97.4 Å². The third kappa shape index (κ3) is 3.59. The summed E-state index contributed by atoms with van der Waals surface area (Å²) in [4.78, 5) is 5.15. The van der Waals surface area contributed by atoms with Gasteiger partial charge in [-0.2, -0.15) is 0 Å². The van der Waals surface area contributed by atoms with Gasteiger partial charge in [-0.3, -0.25) is 4.90 Å². The Morgan fingerprint density at radius 1 is 0.898 bits per heavy atom. The van der Waals surface area contributed by atoms with Crippen LogP contribution in [0, 0.1) is 29.6 Å². The average Bonchev–Trinajstić information content (AvgIpc) is 3.52. The standard InChI is InChI=1S/C41H48N4O4/c1-20(47)28-17-45-35-15-27-25-10-21-11-31-24-13-36-39-26(22-8-6-7-9-32(22)43(39)4)14-33(42(36)3)30(24)19-48-41(31,2)49-38(21)16-34(25)44(5)40(27)37(45)12-23(28)29(35)18-46/h6-10,16-17,20,23-24,29-31,33,35-37,46-47H,11-15,18-19H2,1-5H3. The fourth-order valence-electron chi connectivity index (χ4n) is 12.7. The molecule has 49 heavy (non-hydrogen) atoms. The Morgan fingerprint density at radius 3 is 2.47 bits per heavy atom. The largest absolute Gasteiger partial charge is 0.462 e. The van der Waals surface area contributed by atoms with Gasteiger partial charge in [-0.05, 0) is 92.3 Å². The minimum absolute atomic E-state index is 0.151. The van der Waals surface area contributed by atoms with E-state index in [0.29, 0.717) is 23.9 Å². The highest BCUT2D eigenvalue weighted by Crippen LogP contribution is 2.58. The normalized spacial score (nSPS) is 37.6. The summed E-state index contributed by atoms with van der Waals surface area (Å²) in [5, 5.41) is 23.9. The summed E-state index contributed by atoms with van der Waals surface area (Å²) in [5.74, 6) is 1.99. The summed E-state index contributed by atoms with van der Waals surface area (Å²) in [6.07, 6.45) is 6.79. The Morgan fingerprint density at radius 2 is 1.65 bits per heavy atom. The van der Waals surface area contributed by atoms with Gasteiger partial charge < -0.3 is 33.7 Å². The van der Waals surface area contributed by atoms with Crippen molar-refractivity contribution >= 4 is 21.8 Å². The van der Waals surface area contributed by atoms with Gasteiger partial charge in [0.2, 0.25) is 5.79 Å². The number of rotatable bonds is 2. The quantitative estimate of drug-likeness (QED) is 0.301. The van der Waals surface area contributed by atoms with Gasteiger partial charge >= 0.3 is 0 Å².